The molecule has 0 fully saturated rings. The van der Waals surface area contributed by atoms with Crippen molar-refractivity contribution >= 4 is 5.96 Å². The molecule has 26 heavy (non-hydrogen) atoms. The summed E-state index contributed by atoms with van der Waals surface area (Å²) in [5.74, 6) is 2.02. The van der Waals surface area contributed by atoms with Gasteiger partial charge in [-0.15, -0.1) is 0 Å². The summed E-state index contributed by atoms with van der Waals surface area (Å²) < 4.78 is 25.0. The Labute approximate surface area is 153 Å². The highest BCUT2D eigenvalue weighted by Crippen LogP contribution is 2.30. The lowest BCUT2D eigenvalue weighted by Crippen LogP contribution is -2.36. The number of hydrogen-bond donors (Lipinski definition) is 2. The van der Waals surface area contributed by atoms with Crippen molar-refractivity contribution < 1.29 is 13.9 Å². The van der Waals surface area contributed by atoms with Crippen LogP contribution in [0.4, 0.5) is 4.39 Å². The third-order valence-electron chi connectivity index (χ3n) is 4.19. The summed E-state index contributed by atoms with van der Waals surface area (Å²) in [6.07, 6.45) is 0.887. The molecule has 0 saturated carbocycles. The molecule has 1 aliphatic heterocycles. The molecule has 0 saturated heterocycles. The van der Waals surface area contributed by atoms with Gasteiger partial charge < -0.3 is 20.1 Å². The highest BCUT2D eigenvalue weighted by Gasteiger charge is 2.11. The fraction of sp³-hybridized carbons (Fsp3) is 0.350. The number of fused-ring (bicyclic) bond motifs is 1. The Hall–Kier alpha value is -2.76. The molecule has 0 spiro atoms. The van der Waals surface area contributed by atoms with Crippen LogP contribution in [0.25, 0.3) is 0 Å². The predicted molar refractivity (Wildman–Crippen MR) is 100 cm³/mol. The number of nitrogens with one attached hydrogen (secondary N) is 2. The molecule has 0 atom stereocenters. The number of rotatable bonds is 4. The van der Waals surface area contributed by atoms with E-state index in [1.165, 1.54) is 0 Å². The number of aryl methyl sites for hydroxylation is 1. The molecule has 2 N–H and O–H groups in total. The molecule has 1 aliphatic rings. The van der Waals surface area contributed by atoms with Crippen LogP contribution in [0.15, 0.2) is 41.4 Å². The number of ether oxygens (including phenoxy) is 2. The van der Waals surface area contributed by atoms with Crippen molar-refractivity contribution in [3.8, 4) is 11.5 Å². The van der Waals surface area contributed by atoms with E-state index in [4.69, 9.17) is 9.47 Å². The van der Waals surface area contributed by atoms with Crippen molar-refractivity contribution in [2.45, 2.75) is 26.4 Å². The van der Waals surface area contributed by atoms with Gasteiger partial charge >= 0.3 is 0 Å². The quantitative estimate of drug-likeness (QED) is 0.652. The van der Waals surface area contributed by atoms with Gasteiger partial charge in [-0.2, -0.15) is 0 Å². The topological polar surface area (TPSA) is 54.9 Å². The zero-order chi connectivity index (χ0) is 18.4. The van der Waals surface area contributed by atoms with Crippen LogP contribution in [0.5, 0.6) is 11.5 Å². The lowest BCUT2D eigenvalue weighted by molar-refractivity contribution is 0.297. The first-order chi connectivity index (χ1) is 12.7. The normalized spacial score (nSPS) is 13.9. The third-order valence-corrected chi connectivity index (χ3v) is 4.19. The molecule has 138 valence electrons. The van der Waals surface area contributed by atoms with Gasteiger partial charge in [-0.25, -0.2) is 4.39 Å². The van der Waals surface area contributed by atoms with Crippen LogP contribution in [0.3, 0.4) is 0 Å². The van der Waals surface area contributed by atoms with Gasteiger partial charge in [-0.3, -0.25) is 4.99 Å². The van der Waals surface area contributed by atoms with Crippen LogP contribution in [-0.4, -0.2) is 26.2 Å². The molecule has 0 aromatic heterocycles. The van der Waals surface area contributed by atoms with Gasteiger partial charge in [-0.1, -0.05) is 18.2 Å². The number of aliphatic imine (C=N–C) groups is 1. The van der Waals surface area contributed by atoms with Crippen molar-refractivity contribution in [3.63, 3.8) is 0 Å². The summed E-state index contributed by atoms with van der Waals surface area (Å²) in [5.41, 5.74) is 2.58. The first-order valence-corrected chi connectivity index (χ1v) is 8.74. The maximum Gasteiger partial charge on any atom is 0.191 e. The van der Waals surface area contributed by atoms with Gasteiger partial charge in [0.1, 0.15) is 5.82 Å². The Bertz CT molecular complexity index is 793. The molecule has 6 heteroatoms. The zero-order valence-corrected chi connectivity index (χ0v) is 15.1. The monoisotopic (exact) mass is 357 g/mol. The maximum absolute atomic E-state index is 13.6. The summed E-state index contributed by atoms with van der Waals surface area (Å²) >= 11 is 0. The minimum Gasteiger partial charge on any atom is -0.490 e. The van der Waals surface area contributed by atoms with Gasteiger partial charge in [0.25, 0.3) is 0 Å². The first-order valence-electron chi connectivity index (χ1n) is 8.74. The Balaban J connectivity index is 1.55. The van der Waals surface area contributed by atoms with E-state index in [-0.39, 0.29) is 5.82 Å². The van der Waals surface area contributed by atoms with Gasteiger partial charge in [0.2, 0.25) is 0 Å². The Morgan fingerprint density at radius 3 is 2.35 bits per heavy atom. The minimum absolute atomic E-state index is 0.195. The average Bonchev–Trinajstić information content (AvgIpc) is 2.89. The molecule has 1 heterocycles. The molecule has 0 aliphatic carbocycles. The second-order valence-electron chi connectivity index (χ2n) is 6.19. The van der Waals surface area contributed by atoms with Crippen molar-refractivity contribution in [2.24, 2.45) is 4.99 Å². The SMILES string of the molecule is CN=C(NCc1ccc(C)c(F)c1)NCc1ccc2c(c1)OCCCO2. The van der Waals surface area contributed by atoms with Gasteiger partial charge in [0.15, 0.2) is 17.5 Å². The van der Waals surface area contributed by atoms with E-state index >= 15 is 0 Å². The van der Waals surface area contributed by atoms with E-state index in [0.717, 1.165) is 29.0 Å². The number of guanidine groups is 1. The molecular formula is C20H24FN3O2. The summed E-state index contributed by atoms with van der Waals surface area (Å²) in [6.45, 7) is 4.19. The zero-order valence-electron chi connectivity index (χ0n) is 15.1. The number of benzene rings is 2. The Morgan fingerprint density at radius 1 is 1.00 bits per heavy atom. The van der Waals surface area contributed by atoms with Crippen LogP contribution in [0.1, 0.15) is 23.1 Å². The highest BCUT2D eigenvalue weighted by atomic mass is 19.1. The standard InChI is InChI=1S/C20H24FN3O2/c1-14-4-5-15(10-17(14)21)12-23-20(22-2)24-13-16-6-7-18-19(11-16)26-9-3-8-25-18/h4-7,10-11H,3,8-9,12-13H2,1-2H3,(H2,22,23,24). The highest BCUT2D eigenvalue weighted by molar-refractivity contribution is 5.79. The van der Waals surface area contributed by atoms with Crippen LogP contribution in [-0.2, 0) is 13.1 Å². The molecule has 3 rings (SSSR count). The van der Waals surface area contributed by atoms with Crippen LogP contribution >= 0.6 is 0 Å². The second kappa shape index (κ2) is 8.56. The number of nitrogens with zero attached hydrogens (tertiary/aromatic N) is 1. The molecule has 5 nitrogen and oxygen atoms in total. The lowest BCUT2D eigenvalue weighted by Gasteiger charge is -2.14. The van der Waals surface area contributed by atoms with E-state index in [2.05, 4.69) is 15.6 Å². The maximum atomic E-state index is 13.6. The van der Waals surface area contributed by atoms with Gasteiger partial charge in [0.05, 0.1) is 13.2 Å². The molecule has 0 radical (unpaired) electrons. The molecule has 0 amide bonds. The molecule has 0 unspecified atom stereocenters. The lowest BCUT2D eigenvalue weighted by atomic mass is 10.1. The largest absolute Gasteiger partial charge is 0.490 e. The number of halogens is 1. The average molecular weight is 357 g/mol. The summed E-state index contributed by atoms with van der Waals surface area (Å²) in [6, 6.07) is 11.1. The van der Waals surface area contributed by atoms with E-state index in [1.807, 2.05) is 24.3 Å². The van der Waals surface area contributed by atoms with Crippen LogP contribution < -0.4 is 20.1 Å². The molecule has 2 aromatic rings. The fourth-order valence-electron chi connectivity index (χ4n) is 2.66. The number of hydrogen-bond acceptors (Lipinski definition) is 3. The van der Waals surface area contributed by atoms with Crippen LogP contribution in [0, 0.1) is 12.7 Å². The Morgan fingerprint density at radius 2 is 1.65 bits per heavy atom. The summed E-state index contributed by atoms with van der Waals surface area (Å²) in [5, 5.41) is 6.44. The van der Waals surface area contributed by atoms with Crippen molar-refractivity contribution in [1.82, 2.24) is 10.6 Å². The van der Waals surface area contributed by atoms with Crippen molar-refractivity contribution in [1.29, 1.82) is 0 Å². The smallest absolute Gasteiger partial charge is 0.191 e. The molecular weight excluding hydrogens is 333 g/mol. The Kier molecular flexibility index (Phi) is 5.94. The summed E-state index contributed by atoms with van der Waals surface area (Å²) in [7, 11) is 1.71. The molecule has 0 bridgehead atoms. The second-order valence-corrected chi connectivity index (χ2v) is 6.19. The fourth-order valence-corrected chi connectivity index (χ4v) is 2.66. The predicted octanol–water partition coefficient (Wildman–Crippen LogP) is 3.16. The van der Waals surface area contributed by atoms with Gasteiger partial charge in [-0.05, 0) is 41.8 Å². The van der Waals surface area contributed by atoms with Gasteiger partial charge in [0, 0.05) is 26.6 Å². The van der Waals surface area contributed by atoms with E-state index in [9.17, 15) is 4.39 Å². The third kappa shape index (κ3) is 4.65. The van der Waals surface area contributed by atoms with E-state index in [0.29, 0.717) is 37.8 Å². The van der Waals surface area contributed by atoms with E-state index in [1.54, 1.807) is 26.1 Å². The minimum atomic E-state index is -0.195. The first kappa shape index (κ1) is 18.0. The van der Waals surface area contributed by atoms with Crippen molar-refractivity contribution in [3.05, 3.63) is 58.9 Å². The summed E-state index contributed by atoms with van der Waals surface area (Å²) in [4.78, 5) is 4.21. The van der Waals surface area contributed by atoms with Crippen LogP contribution in [0.2, 0.25) is 0 Å². The van der Waals surface area contributed by atoms with Crippen molar-refractivity contribution in [2.75, 3.05) is 20.3 Å². The van der Waals surface area contributed by atoms with E-state index < -0.39 is 0 Å². The molecule has 2 aromatic carbocycles.